The van der Waals surface area contributed by atoms with Crippen molar-refractivity contribution in [3.05, 3.63) is 0 Å². The normalized spacial score (nSPS) is 26.5. The number of piperidine rings is 1. The second-order valence-electron chi connectivity index (χ2n) is 4.75. The second kappa shape index (κ2) is 4.08. The zero-order valence-electron chi connectivity index (χ0n) is 9.20. The van der Waals surface area contributed by atoms with Crippen LogP contribution >= 0.6 is 0 Å². The van der Waals surface area contributed by atoms with E-state index < -0.39 is 5.97 Å². The molecule has 2 rings (SSSR count). The van der Waals surface area contributed by atoms with Gasteiger partial charge in [0.1, 0.15) is 0 Å². The van der Waals surface area contributed by atoms with E-state index in [0.29, 0.717) is 5.41 Å². The largest absolute Gasteiger partial charge is 0.480 e. The highest BCUT2D eigenvalue weighted by Gasteiger charge is 2.44. The highest BCUT2D eigenvalue weighted by Crippen LogP contribution is 2.39. The minimum Gasteiger partial charge on any atom is -0.480 e. The van der Waals surface area contributed by atoms with E-state index >= 15 is 0 Å². The zero-order chi connectivity index (χ0) is 10.9. The molecule has 0 unspecified atom stereocenters. The Kier molecular flexibility index (Phi) is 2.95. The predicted molar refractivity (Wildman–Crippen MR) is 56.4 cm³/mol. The topological polar surface area (TPSA) is 55.8 Å². The minimum absolute atomic E-state index is 0.200. The van der Waals surface area contributed by atoms with Crippen molar-refractivity contribution in [2.45, 2.75) is 12.8 Å². The van der Waals surface area contributed by atoms with Gasteiger partial charge in [-0.3, -0.25) is 15.1 Å². The molecule has 0 bridgehead atoms. The zero-order valence-corrected chi connectivity index (χ0v) is 9.20. The Hall–Kier alpha value is -0.650. The van der Waals surface area contributed by atoms with E-state index in [1.807, 2.05) is 11.9 Å². The van der Waals surface area contributed by atoms with Crippen LogP contribution in [-0.4, -0.2) is 60.8 Å². The van der Waals surface area contributed by atoms with E-state index in [4.69, 9.17) is 5.11 Å². The number of carbonyl (C=O) groups is 1. The van der Waals surface area contributed by atoms with E-state index in [0.717, 1.165) is 39.0 Å². The summed E-state index contributed by atoms with van der Waals surface area (Å²) in [5.74, 6) is -0.712. The van der Waals surface area contributed by atoms with Gasteiger partial charge in [0.15, 0.2) is 0 Å². The van der Waals surface area contributed by atoms with Crippen LogP contribution in [0.1, 0.15) is 12.8 Å². The minimum atomic E-state index is -0.712. The highest BCUT2D eigenvalue weighted by molar-refractivity contribution is 5.69. The fourth-order valence-corrected chi connectivity index (χ4v) is 2.61. The molecule has 0 aromatic carbocycles. The lowest BCUT2D eigenvalue weighted by molar-refractivity contribution is -0.140. The van der Waals surface area contributed by atoms with Crippen LogP contribution in [0.5, 0.6) is 0 Å². The number of hydrogen-bond donors (Lipinski definition) is 2. The molecular formula is C10H19N3O2. The number of rotatable bonds is 3. The van der Waals surface area contributed by atoms with Gasteiger partial charge in [0.25, 0.3) is 0 Å². The molecule has 15 heavy (non-hydrogen) atoms. The van der Waals surface area contributed by atoms with Crippen molar-refractivity contribution < 1.29 is 9.90 Å². The summed E-state index contributed by atoms with van der Waals surface area (Å²) in [4.78, 5) is 12.6. The van der Waals surface area contributed by atoms with Crippen LogP contribution in [0.3, 0.4) is 0 Å². The third kappa shape index (κ3) is 2.30. The number of aliphatic carboxylic acids is 1. The monoisotopic (exact) mass is 213 g/mol. The standard InChI is InChI=1S/C10H19N3O2/c1-11-13-7-10(8-13)2-4-12(5-3-10)6-9(14)15/h11H,2-8H2,1H3,(H,14,15). The van der Waals surface area contributed by atoms with Gasteiger partial charge in [0.2, 0.25) is 0 Å². The maximum Gasteiger partial charge on any atom is 0.317 e. The maximum absolute atomic E-state index is 10.6. The van der Waals surface area contributed by atoms with Gasteiger partial charge < -0.3 is 5.11 Å². The Balaban J connectivity index is 1.76. The molecule has 2 N–H and O–H groups in total. The van der Waals surface area contributed by atoms with Crippen molar-refractivity contribution >= 4 is 5.97 Å². The van der Waals surface area contributed by atoms with Crippen LogP contribution in [0.4, 0.5) is 0 Å². The molecule has 2 fully saturated rings. The molecule has 0 atom stereocenters. The van der Waals surface area contributed by atoms with Gasteiger partial charge in [-0.05, 0) is 33.0 Å². The van der Waals surface area contributed by atoms with Crippen molar-refractivity contribution in [1.82, 2.24) is 15.3 Å². The summed E-state index contributed by atoms with van der Waals surface area (Å²) in [6, 6.07) is 0. The summed E-state index contributed by atoms with van der Waals surface area (Å²) in [5, 5.41) is 10.9. The molecule has 0 radical (unpaired) electrons. The molecule has 2 aliphatic rings. The number of nitrogens with zero attached hydrogens (tertiary/aromatic N) is 2. The van der Waals surface area contributed by atoms with Gasteiger partial charge in [0.05, 0.1) is 6.54 Å². The molecule has 0 aromatic rings. The lowest BCUT2D eigenvalue weighted by Gasteiger charge is -2.53. The number of hydrogen-bond acceptors (Lipinski definition) is 4. The number of carboxylic acid groups (broad SMARTS) is 1. The third-order valence-corrected chi connectivity index (χ3v) is 3.64. The molecule has 5 heteroatoms. The average Bonchev–Trinajstić information content (AvgIpc) is 2.15. The van der Waals surface area contributed by atoms with Crippen LogP contribution in [-0.2, 0) is 4.79 Å². The molecule has 2 aliphatic heterocycles. The Labute approximate surface area is 90.0 Å². The van der Waals surface area contributed by atoms with Crippen LogP contribution in [0.15, 0.2) is 0 Å². The fourth-order valence-electron chi connectivity index (χ4n) is 2.61. The van der Waals surface area contributed by atoms with Crippen LogP contribution in [0, 0.1) is 5.41 Å². The second-order valence-corrected chi connectivity index (χ2v) is 4.75. The number of hydrazine groups is 1. The van der Waals surface area contributed by atoms with Crippen molar-refractivity contribution in [3.63, 3.8) is 0 Å². The molecule has 5 nitrogen and oxygen atoms in total. The fraction of sp³-hybridized carbons (Fsp3) is 0.900. The van der Waals surface area contributed by atoms with Gasteiger partial charge in [0, 0.05) is 18.5 Å². The van der Waals surface area contributed by atoms with E-state index in [1.165, 1.54) is 0 Å². The number of nitrogens with one attached hydrogen (secondary N) is 1. The molecule has 0 aliphatic carbocycles. The number of carboxylic acids is 1. The lowest BCUT2D eigenvalue weighted by Crippen LogP contribution is -2.63. The Bertz CT molecular complexity index is 241. The Morgan fingerprint density at radius 3 is 2.47 bits per heavy atom. The quantitative estimate of drug-likeness (QED) is 0.668. The third-order valence-electron chi connectivity index (χ3n) is 3.64. The van der Waals surface area contributed by atoms with Crippen LogP contribution < -0.4 is 5.43 Å². The summed E-state index contributed by atoms with van der Waals surface area (Å²) in [6.45, 7) is 4.30. The molecule has 86 valence electrons. The smallest absolute Gasteiger partial charge is 0.317 e. The summed E-state index contributed by atoms with van der Waals surface area (Å²) < 4.78 is 0. The first-order chi connectivity index (χ1) is 7.13. The van der Waals surface area contributed by atoms with Crippen LogP contribution in [0.25, 0.3) is 0 Å². The highest BCUT2D eigenvalue weighted by atomic mass is 16.4. The Morgan fingerprint density at radius 2 is 2.00 bits per heavy atom. The van der Waals surface area contributed by atoms with E-state index in [2.05, 4.69) is 10.4 Å². The first kappa shape index (κ1) is 10.9. The summed E-state index contributed by atoms with van der Waals surface area (Å²) in [6.07, 6.45) is 2.27. The van der Waals surface area contributed by atoms with Crippen LogP contribution in [0.2, 0.25) is 0 Å². The SMILES string of the molecule is CNN1CC2(CCN(CC(=O)O)CC2)C1. The first-order valence-corrected chi connectivity index (χ1v) is 5.50. The van der Waals surface area contributed by atoms with E-state index in [9.17, 15) is 4.79 Å². The van der Waals surface area contributed by atoms with Gasteiger partial charge in [-0.2, -0.15) is 0 Å². The molecule has 1 spiro atoms. The van der Waals surface area contributed by atoms with Crippen molar-refractivity contribution in [1.29, 1.82) is 0 Å². The summed E-state index contributed by atoms with van der Waals surface area (Å²) in [5.41, 5.74) is 3.61. The maximum atomic E-state index is 10.6. The number of likely N-dealkylation sites (tertiary alicyclic amines) is 1. The summed E-state index contributed by atoms with van der Waals surface area (Å²) >= 11 is 0. The van der Waals surface area contributed by atoms with E-state index in [-0.39, 0.29) is 6.54 Å². The van der Waals surface area contributed by atoms with Gasteiger partial charge in [-0.1, -0.05) is 0 Å². The van der Waals surface area contributed by atoms with Gasteiger partial charge in [-0.15, -0.1) is 0 Å². The molecule has 0 aromatic heterocycles. The van der Waals surface area contributed by atoms with Crippen molar-refractivity contribution in [3.8, 4) is 0 Å². The van der Waals surface area contributed by atoms with E-state index in [1.54, 1.807) is 0 Å². The van der Waals surface area contributed by atoms with Crippen molar-refractivity contribution in [2.75, 3.05) is 39.8 Å². The predicted octanol–water partition coefficient (Wildman–Crippen LogP) is -0.397. The van der Waals surface area contributed by atoms with Gasteiger partial charge >= 0.3 is 5.97 Å². The van der Waals surface area contributed by atoms with Gasteiger partial charge in [-0.25, -0.2) is 5.01 Å². The Morgan fingerprint density at radius 1 is 1.40 bits per heavy atom. The molecule has 0 saturated carbocycles. The molecule has 0 amide bonds. The van der Waals surface area contributed by atoms with Crippen molar-refractivity contribution in [2.24, 2.45) is 5.41 Å². The summed E-state index contributed by atoms with van der Waals surface area (Å²) in [7, 11) is 1.95. The first-order valence-electron chi connectivity index (χ1n) is 5.50. The molecule has 2 heterocycles. The lowest BCUT2D eigenvalue weighted by atomic mass is 9.73. The molecular weight excluding hydrogens is 194 g/mol. The molecule has 2 saturated heterocycles. The average molecular weight is 213 g/mol.